The van der Waals surface area contributed by atoms with Gasteiger partial charge in [0.15, 0.2) is 0 Å². The lowest BCUT2D eigenvalue weighted by Gasteiger charge is -2.33. The van der Waals surface area contributed by atoms with Crippen LogP contribution in [-0.4, -0.2) is 56.6 Å². The van der Waals surface area contributed by atoms with Gasteiger partial charge in [-0.25, -0.2) is 14.4 Å². The second kappa shape index (κ2) is 8.38. The summed E-state index contributed by atoms with van der Waals surface area (Å²) in [4.78, 5) is 48.8. The van der Waals surface area contributed by atoms with Gasteiger partial charge in [0.1, 0.15) is 18.2 Å². The number of benzene rings is 1. The van der Waals surface area contributed by atoms with Gasteiger partial charge in [-0.1, -0.05) is 0 Å². The van der Waals surface area contributed by atoms with Crippen molar-refractivity contribution in [1.29, 1.82) is 0 Å². The minimum absolute atomic E-state index is 0.150. The van der Waals surface area contributed by atoms with Crippen LogP contribution >= 0.6 is 0 Å². The molecule has 9 heteroatoms. The number of carbonyl (C=O) groups is 3. The van der Waals surface area contributed by atoms with Crippen molar-refractivity contribution in [2.45, 2.75) is 50.7 Å². The van der Waals surface area contributed by atoms with Crippen LogP contribution in [0.2, 0.25) is 0 Å². The predicted octanol–water partition coefficient (Wildman–Crippen LogP) is 1.76. The Kier molecular flexibility index (Phi) is 5.42. The molecule has 0 spiro atoms. The van der Waals surface area contributed by atoms with Gasteiger partial charge in [-0.15, -0.1) is 0 Å². The zero-order valence-electron chi connectivity index (χ0n) is 17.6. The Labute approximate surface area is 184 Å². The first kappa shape index (κ1) is 20.7. The monoisotopic (exact) mass is 437 g/mol. The summed E-state index contributed by atoms with van der Waals surface area (Å²) in [7, 11) is 0. The van der Waals surface area contributed by atoms with Crippen molar-refractivity contribution in [2.24, 2.45) is 0 Å². The molecule has 1 aromatic carbocycles. The number of nitrogens with zero attached hydrogens (tertiary/aromatic N) is 4. The predicted molar refractivity (Wildman–Crippen MR) is 112 cm³/mol. The smallest absolute Gasteiger partial charge is 0.255 e. The average Bonchev–Trinajstić information content (AvgIpc) is 3.11. The van der Waals surface area contributed by atoms with Crippen LogP contribution < -0.4 is 5.32 Å². The van der Waals surface area contributed by atoms with Crippen LogP contribution in [0.1, 0.15) is 58.6 Å². The third kappa shape index (κ3) is 3.88. The third-order valence-electron chi connectivity index (χ3n) is 6.70. The van der Waals surface area contributed by atoms with Gasteiger partial charge in [-0.3, -0.25) is 24.6 Å². The van der Waals surface area contributed by atoms with E-state index in [-0.39, 0.29) is 30.7 Å². The molecule has 1 aromatic heterocycles. The molecule has 2 fully saturated rings. The summed E-state index contributed by atoms with van der Waals surface area (Å²) < 4.78 is 14.5. The molecule has 1 atom stereocenters. The van der Waals surface area contributed by atoms with Gasteiger partial charge in [0, 0.05) is 43.0 Å². The van der Waals surface area contributed by atoms with Crippen molar-refractivity contribution in [3.63, 3.8) is 0 Å². The second-order valence-corrected chi connectivity index (χ2v) is 8.72. The molecular weight excluding hydrogens is 413 g/mol. The topological polar surface area (TPSA) is 95.5 Å². The highest BCUT2D eigenvalue weighted by Gasteiger charge is 2.41. The lowest BCUT2D eigenvalue weighted by molar-refractivity contribution is -0.136. The summed E-state index contributed by atoms with van der Waals surface area (Å²) in [5.74, 6) is -1.39. The van der Waals surface area contributed by atoms with E-state index in [9.17, 15) is 18.8 Å². The second-order valence-electron chi connectivity index (χ2n) is 8.72. The minimum Gasteiger partial charge on any atom is -0.322 e. The van der Waals surface area contributed by atoms with Crippen molar-refractivity contribution < 1.29 is 18.8 Å². The van der Waals surface area contributed by atoms with Crippen molar-refractivity contribution in [3.05, 3.63) is 58.9 Å². The Morgan fingerprint density at radius 1 is 1.06 bits per heavy atom. The highest BCUT2D eigenvalue weighted by atomic mass is 19.1. The van der Waals surface area contributed by atoms with E-state index in [0.29, 0.717) is 12.0 Å². The maximum atomic E-state index is 14.5. The van der Waals surface area contributed by atoms with Gasteiger partial charge in [0.25, 0.3) is 5.91 Å². The molecule has 166 valence electrons. The number of imide groups is 1. The zero-order chi connectivity index (χ0) is 22.2. The van der Waals surface area contributed by atoms with Gasteiger partial charge in [-0.05, 0) is 61.5 Å². The Bertz CT molecular complexity index is 1070. The van der Waals surface area contributed by atoms with E-state index in [1.54, 1.807) is 6.07 Å². The molecule has 0 saturated carbocycles. The van der Waals surface area contributed by atoms with E-state index in [2.05, 4.69) is 20.2 Å². The summed E-state index contributed by atoms with van der Waals surface area (Å²) in [5, 5.41) is 2.31. The molecule has 0 aliphatic carbocycles. The highest BCUT2D eigenvalue weighted by molar-refractivity contribution is 6.05. The molecule has 3 aliphatic rings. The molecule has 1 N–H and O–H groups in total. The van der Waals surface area contributed by atoms with Crippen molar-refractivity contribution in [1.82, 2.24) is 25.1 Å². The fourth-order valence-electron chi connectivity index (χ4n) is 5.09. The number of hydrogen-bond donors (Lipinski definition) is 1. The maximum Gasteiger partial charge on any atom is 0.255 e. The molecule has 8 nitrogen and oxygen atoms in total. The quantitative estimate of drug-likeness (QED) is 0.733. The molecule has 1 unspecified atom stereocenters. The fourth-order valence-corrected chi connectivity index (χ4v) is 5.09. The van der Waals surface area contributed by atoms with Gasteiger partial charge in [0.2, 0.25) is 11.8 Å². The van der Waals surface area contributed by atoms with E-state index >= 15 is 0 Å². The van der Waals surface area contributed by atoms with E-state index in [0.717, 1.165) is 49.2 Å². The number of likely N-dealkylation sites (tertiary alicyclic amines) is 1. The first-order chi connectivity index (χ1) is 15.5. The minimum atomic E-state index is -0.696. The number of fused-ring (bicyclic) bond motifs is 1. The lowest BCUT2D eigenvalue weighted by atomic mass is 9.85. The summed E-state index contributed by atoms with van der Waals surface area (Å²) in [6.45, 7) is 2.76. The highest BCUT2D eigenvalue weighted by Crippen LogP contribution is 2.37. The fraction of sp³-hybridized carbons (Fsp3) is 0.435. The third-order valence-corrected chi connectivity index (χ3v) is 6.70. The van der Waals surface area contributed by atoms with Crippen LogP contribution in [-0.2, 0) is 22.7 Å². The van der Waals surface area contributed by atoms with Crippen molar-refractivity contribution in [3.8, 4) is 0 Å². The Balaban J connectivity index is 1.32. The van der Waals surface area contributed by atoms with Crippen LogP contribution in [0.3, 0.4) is 0 Å². The molecule has 2 saturated heterocycles. The number of carbonyl (C=O) groups excluding carboxylic acids is 3. The van der Waals surface area contributed by atoms with Crippen LogP contribution in [0.15, 0.2) is 30.9 Å². The molecular formula is C23H24FN5O3. The van der Waals surface area contributed by atoms with Gasteiger partial charge < -0.3 is 4.90 Å². The first-order valence-corrected chi connectivity index (χ1v) is 10.9. The van der Waals surface area contributed by atoms with Crippen molar-refractivity contribution >= 4 is 17.7 Å². The number of amides is 3. The van der Waals surface area contributed by atoms with Gasteiger partial charge in [-0.2, -0.15) is 0 Å². The Hall–Kier alpha value is -3.20. The number of hydrogen-bond acceptors (Lipinski definition) is 6. The molecule has 2 aromatic rings. The maximum absolute atomic E-state index is 14.5. The van der Waals surface area contributed by atoms with Crippen molar-refractivity contribution in [2.75, 3.05) is 13.1 Å². The van der Waals surface area contributed by atoms with Crippen LogP contribution in [0.25, 0.3) is 0 Å². The van der Waals surface area contributed by atoms with Crippen LogP contribution in [0, 0.1) is 5.82 Å². The van der Waals surface area contributed by atoms with Gasteiger partial charge in [0.05, 0.1) is 0 Å². The summed E-state index contributed by atoms with van der Waals surface area (Å²) >= 11 is 0. The summed E-state index contributed by atoms with van der Waals surface area (Å²) in [6.07, 6.45) is 7.35. The van der Waals surface area contributed by atoms with E-state index < -0.39 is 17.8 Å². The number of piperidine rings is 2. The number of nitrogens with one attached hydrogen (secondary N) is 1. The number of halogens is 1. The standard InChI is InChI=1S/C23H24FN5O3/c24-16-7-17(15-3-5-28(6-4-15)11-14-9-25-13-26-10-14)19-12-29(23(32)18(19)8-16)20-1-2-21(30)27-22(20)31/h7-10,13,15,20H,1-6,11-12H2,(H,27,30,31). The number of aromatic nitrogens is 2. The Morgan fingerprint density at radius 3 is 2.53 bits per heavy atom. The molecule has 0 bridgehead atoms. The molecule has 4 heterocycles. The van der Waals surface area contributed by atoms with E-state index in [1.165, 1.54) is 17.3 Å². The largest absolute Gasteiger partial charge is 0.322 e. The molecule has 3 amide bonds. The van der Waals surface area contributed by atoms with E-state index in [4.69, 9.17) is 0 Å². The average molecular weight is 437 g/mol. The molecule has 3 aliphatic heterocycles. The first-order valence-electron chi connectivity index (χ1n) is 10.9. The Morgan fingerprint density at radius 2 is 1.81 bits per heavy atom. The summed E-state index contributed by atoms with van der Waals surface area (Å²) in [5.41, 5.74) is 3.08. The van der Waals surface area contributed by atoms with Crippen LogP contribution in [0.5, 0.6) is 0 Å². The lowest BCUT2D eigenvalue weighted by Crippen LogP contribution is -2.52. The number of rotatable bonds is 4. The molecule has 5 rings (SSSR count). The van der Waals surface area contributed by atoms with Crippen LogP contribution in [0.4, 0.5) is 4.39 Å². The molecule has 32 heavy (non-hydrogen) atoms. The summed E-state index contributed by atoms with van der Waals surface area (Å²) in [6, 6.07) is 2.13. The molecule has 0 radical (unpaired) electrons. The van der Waals surface area contributed by atoms with E-state index in [1.807, 2.05) is 12.4 Å². The van der Waals surface area contributed by atoms with Gasteiger partial charge >= 0.3 is 0 Å². The SMILES string of the molecule is O=C1CCC(N2Cc3c(cc(F)cc3C3CCN(Cc4cncnc4)CC3)C2=O)C(=O)N1. The normalized spacial score (nSPS) is 22.2. The zero-order valence-corrected chi connectivity index (χ0v) is 17.6.